The number of amidine groups is 1. The quantitative estimate of drug-likeness (QED) is 0.801. The normalized spacial score (nSPS) is 18.9. The Kier molecular flexibility index (Phi) is 3.73. The van der Waals surface area contributed by atoms with E-state index in [0.29, 0.717) is 10.7 Å². The van der Waals surface area contributed by atoms with Gasteiger partial charge in [-0.1, -0.05) is 54.1 Å². The Hall–Kier alpha value is -2.40. The van der Waals surface area contributed by atoms with Crippen molar-refractivity contribution in [3.8, 4) is 0 Å². The van der Waals surface area contributed by atoms with Gasteiger partial charge < -0.3 is 4.90 Å². The van der Waals surface area contributed by atoms with Crippen LogP contribution in [0.4, 0.5) is 0 Å². The van der Waals surface area contributed by atoms with Crippen molar-refractivity contribution < 1.29 is 8.42 Å². The predicted octanol–water partition coefficient (Wildman–Crippen LogP) is 3.31. The summed E-state index contributed by atoms with van der Waals surface area (Å²) in [7, 11) is -3.53. The smallest absolute Gasteiger partial charge is 0.285 e. The van der Waals surface area contributed by atoms with E-state index in [-0.39, 0.29) is 0 Å². The zero-order valence-electron chi connectivity index (χ0n) is 13.2. The van der Waals surface area contributed by atoms with Crippen molar-refractivity contribution in [1.82, 2.24) is 4.90 Å². The molecule has 0 N–H and O–H groups in total. The summed E-state index contributed by atoms with van der Waals surface area (Å²) in [5.74, 6) is 0.601. The number of nitrogens with zero attached hydrogens (tertiary/aromatic N) is 2. The zero-order chi connectivity index (χ0) is 16.6. The minimum absolute atomic E-state index is 0.325. The molecule has 2 aromatic rings. The third-order valence-corrected chi connectivity index (χ3v) is 5.81. The third-order valence-electron chi connectivity index (χ3n) is 4.49. The summed E-state index contributed by atoms with van der Waals surface area (Å²) in [5, 5.41) is 0. The standard InChI is InChI=1S/C19H18N2O2S/c22-24(23)18-9-5-4-8-17(18)19(20-24)21-12-10-16(11-13-21)14-15-6-2-1-3-7-15/h1-9,14H,10-13H2. The summed E-state index contributed by atoms with van der Waals surface area (Å²) in [6.07, 6.45) is 4.09. The lowest BCUT2D eigenvalue weighted by atomic mass is 10.00. The number of hydrogen-bond donors (Lipinski definition) is 0. The van der Waals surface area contributed by atoms with E-state index in [4.69, 9.17) is 0 Å². The summed E-state index contributed by atoms with van der Waals surface area (Å²) in [5.41, 5.74) is 3.34. The van der Waals surface area contributed by atoms with E-state index >= 15 is 0 Å². The number of likely N-dealkylation sites (tertiary alicyclic amines) is 1. The molecule has 0 atom stereocenters. The first kappa shape index (κ1) is 15.1. The second-order valence-corrected chi connectivity index (χ2v) is 7.66. The molecule has 0 aromatic heterocycles. The fourth-order valence-electron chi connectivity index (χ4n) is 3.25. The molecule has 2 aromatic carbocycles. The van der Waals surface area contributed by atoms with Crippen molar-refractivity contribution in [2.45, 2.75) is 17.7 Å². The Bertz CT molecular complexity index is 921. The molecule has 0 bridgehead atoms. The van der Waals surface area contributed by atoms with Crippen LogP contribution >= 0.6 is 0 Å². The molecule has 5 heteroatoms. The Labute approximate surface area is 142 Å². The molecule has 122 valence electrons. The van der Waals surface area contributed by atoms with Crippen LogP contribution < -0.4 is 0 Å². The summed E-state index contributed by atoms with van der Waals surface area (Å²) >= 11 is 0. The largest absolute Gasteiger partial charge is 0.355 e. The Balaban J connectivity index is 1.54. The molecule has 24 heavy (non-hydrogen) atoms. The van der Waals surface area contributed by atoms with E-state index < -0.39 is 10.0 Å². The van der Waals surface area contributed by atoms with E-state index in [2.05, 4.69) is 27.5 Å². The summed E-state index contributed by atoms with van der Waals surface area (Å²) in [4.78, 5) is 2.41. The molecule has 1 fully saturated rings. The maximum Gasteiger partial charge on any atom is 0.285 e. The van der Waals surface area contributed by atoms with Crippen molar-refractivity contribution in [3.05, 3.63) is 71.3 Å². The molecular formula is C19H18N2O2S. The lowest BCUT2D eigenvalue weighted by molar-refractivity contribution is 0.391. The molecule has 2 heterocycles. The minimum Gasteiger partial charge on any atom is -0.355 e. The summed E-state index contributed by atoms with van der Waals surface area (Å²) in [6, 6.07) is 17.4. The molecule has 0 aliphatic carbocycles. The SMILES string of the molecule is O=S1(=O)N=C(N2CCC(=Cc3ccccc3)CC2)c2ccccc21. The lowest BCUT2D eigenvalue weighted by Crippen LogP contribution is -2.36. The van der Waals surface area contributed by atoms with Crippen LogP contribution in [0.1, 0.15) is 24.0 Å². The van der Waals surface area contributed by atoms with E-state index in [1.807, 2.05) is 30.3 Å². The van der Waals surface area contributed by atoms with Crippen LogP contribution in [-0.2, 0) is 10.0 Å². The molecule has 2 aliphatic rings. The zero-order valence-corrected chi connectivity index (χ0v) is 14.0. The van der Waals surface area contributed by atoms with Gasteiger partial charge in [-0.2, -0.15) is 8.42 Å². The molecular weight excluding hydrogens is 320 g/mol. The van der Waals surface area contributed by atoms with Crippen LogP contribution in [-0.4, -0.2) is 32.2 Å². The van der Waals surface area contributed by atoms with Crippen LogP contribution in [0.15, 0.2) is 69.5 Å². The van der Waals surface area contributed by atoms with Gasteiger partial charge in [0.25, 0.3) is 10.0 Å². The number of piperidine rings is 1. The van der Waals surface area contributed by atoms with Gasteiger partial charge in [0.15, 0.2) is 5.84 Å². The minimum atomic E-state index is -3.53. The highest BCUT2D eigenvalue weighted by molar-refractivity contribution is 7.90. The first-order valence-electron chi connectivity index (χ1n) is 8.07. The number of rotatable bonds is 1. The molecule has 0 unspecified atom stereocenters. The van der Waals surface area contributed by atoms with Gasteiger partial charge in [0, 0.05) is 18.7 Å². The fourth-order valence-corrected chi connectivity index (χ4v) is 4.48. The van der Waals surface area contributed by atoms with Gasteiger partial charge in [-0.25, -0.2) is 0 Å². The Morgan fingerprint density at radius 1 is 0.917 bits per heavy atom. The molecule has 0 saturated carbocycles. The van der Waals surface area contributed by atoms with E-state index in [0.717, 1.165) is 31.5 Å². The average Bonchev–Trinajstić information content (AvgIpc) is 2.88. The van der Waals surface area contributed by atoms with Crippen molar-refractivity contribution >= 4 is 21.9 Å². The van der Waals surface area contributed by atoms with Crippen LogP contribution in [0.3, 0.4) is 0 Å². The highest BCUT2D eigenvalue weighted by atomic mass is 32.2. The molecule has 0 radical (unpaired) electrons. The Morgan fingerprint density at radius 2 is 1.58 bits per heavy atom. The molecule has 2 aliphatic heterocycles. The number of hydrogen-bond acceptors (Lipinski definition) is 3. The van der Waals surface area contributed by atoms with E-state index in [1.165, 1.54) is 11.1 Å². The second-order valence-electron chi connectivity index (χ2n) is 6.09. The van der Waals surface area contributed by atoms with Crippen LogP contribution in [0.5, 0.6) is 0 Å². The molecule has 4 rings (SSSR count). The first-order valence-corrected chi connectivity index (χ1v) is 9.51. The van der Waals surface area contributed by atoms with Gasteiger partial charge in [-0.15, -0.1) is 4.40 Å². The van der Waals surface area contributed by atoms with Crippen LogP contribution in [0.2, 0.25) is 0 Å². The molecule has 1 saturated heterocycles. The molecule has 4 nitrogen and oxygen atoms in total. The highest BCUT2D eigenvalue weighted by Gasteiger charge is 2.32. The maximum absolute atomic E-state index is 12.2. The van der Waals surface area contributed by atoms with Gasteiger partial charge in [0.2, 0.25) is 0 Å². The number of fused-ring (bicyclic) bond motifs is 1. The topological polar surface area (TPSA) is 49.7 Å². The highest BCUT2D eigenvalue weighted by Crippen LogP contribution is 2.29. The van der Waals surface area contributed by atoms with Gasteiger partial charge in [-0.05, 0) is 30.5 Å². The fraction of sp³-hybridized carbons (Fsp3) is 0.211. The monoisotopic (exact) mass is 338 g/mol. The Morgan fingerprint density at radius 3 is 2.33 bits per heavy atom. The third kappa shape index (κ3) is 2.76. The molecule has 0 amide bonds. The van der Waals surface area contributed by atoms with Crippen molar-refractivity contribution in [1.29, 1.82) is 0 Å². The second kappa shape index (κ2) is 5.91. The van der Waals surface area contributed by atoms with Crippen molar-refractivity contribution in [2.75, 3.05) is 13.1 Å². The van der Waals surface area contributed by atoms with Crippen molar-refractivity contribution in [2.24, 2.45) is 4.40 Å². The van der Waals surface area contributed by atoms with Gasteiger partial charge >= 0.3 is 0 Å². The first-order chi connectivity index (χ1) is 11.6. The van der Waals surface area contributed by atoms with Gasteiger partial charge in [-0.3, -0.25) is 0 Å². The van der Waals surface area contributed by atoms with Gasteiger partial charge in [0.1, 0.15) is 4.90 Å². The summed E-state index contributed by atoms with van der Waals surface area (Å²) in [6.45, 7) is 1.59. The average molecular weight is 338 g/mol. The number of benzene rings is 2. The van der Waals surface area contributed by atoms with Crippen LogP contribution in [0.25, 0.3) is 6.08 Å². The number of sulfonamides is 1. The predicted molar refractivity (Wildman–Crippen MR) is 95.4 cm³/mol. The van der Waals surface area contributed by atoms with Crippen molar-refractivity contribution in [3.63, 3.8) is 0 Å². The maximum atomic E-state index is 12.2. The van der Waals surface area contributed by atoms with E-state index in [9.17, 15) is 8.42 Å². The summed E-state index contributed by atoms with van der Waals surface area (Å²) < 4.78 is 28.4. The van der Waals surface area contributed by atoms with Crippen LogP contribution in [0, 0.1) is 0 Å². The lowest BCUT2D eigenvalue weighted by Gasteiger charge is -2.30. The van der Waals surface area contributed by atoms with E-state index in [1.54, 1.807) is 12.1 Å². The molecule has 0 spiro atoms. The van der Waals surface area contributed by atoms with Gasteiger partial charge in [0.05, 0.1) is 0 Å².